The van der Waals surface area contributed by atoms with Gasteiger partial charge in [0.2, 0.25) is 0 Å². The molecule has 1 rings (SSSR count). The van der Waals surface area contributed by atoms with Crippen LogP contribution in [0.15, 0.2) is 0 Å². The maximum atomic E-state index is 11.7. The van der Waals surface area contributed by atoms with E-state index in [2.05, 4.69) is 20.8 Å². The quantitative estimate of drug-likeness (QED) is 0.668. The first-order chi connectivity index (χ1) is 6.63. The Kier molecular flexibility index (Phi) is 4.64. The predicted molar refractivity (Wildman–Crippen MR) is 60.2 cm³/mol. The molecule has 0 bridgehead atoms. The summed E-state index contributed by atoms with van der Waals surface area (Å²) in [6.07, 6.45) is 6.77. The molecule has 0 aromatic rings. The summed E-state index contributed by atoms with van der Waals surface area (Å²) in [7, 11) is 0. The summed E-state index contributed by atoms with van der Waals surface area (Å²) >= 11 is 0. The molecule has 1 heteroatoms. The van der Waals surface area contributed by atoms with E-state index in [1.165, 1.54) is 19.3 Å². The van der Waals surface area contributed by atoms with Gasteiger partial charge in [0.05, 0.1) is 0 Å². The Hall–Kier alpha value is -0.330. The number of rotatable bonds is 4. The molecule has 0 heterocycles. The molecule has 14 heavy (non-hydrogen) atoms. The number of hydrogen-bond donors (Lipinski definition) is 0. The van der Waals surface area contributed by atoms with E-state index in [1.54, 1.807) is 0 Å². The van der Waals surface area contributed by atoms with Gasteiger partial charge in [0.15, 0.2) is 0 Å². The number of hydrogen-bond acceptors (Lipinski definition) is 1. The Morgan fingerprint density at radius 3 is 2.71 bits per heavy atom. The fourth-order valence-corrected chi connectivity index (χ4v) is 2.39. The van der Waals surface area contributed by atoms with Gasteiger partial charge in [0.1, 0.15) is 5.78 Å². The second-order valence-electron chi connectivity index (χ2n) is 5.18. The number of carbonyl (C=O) groups excluding carboxylic acids is 1. The minimum Gasteiger partial charge on any atom is -0.299 e. The van der Waals surface area contributed by atoms with Crippen LogP contribution in [0.4, 0.5) is 0 Å². The topological polar surface area (TPSA) is 17.1 Å². The predicted octanol–water partition coefficient (Wildman–Crippen LogP) is 3.82. The average molecular weight is 196 g/mol. The van der Waals surface area contributed by atoms with E-state index in [1.807, 2.05) is 0 Å². The molecule has 0 spiro atoms. The van der Waals surface area contributed by atoms with Crippen LogP contribution in [0.2, 0.25) is 0 Å². The molecular formula is C13H24O. The van der Waals surface area contributed by atoms with Crippen molar-refractivity contribution >= 4 is 5.78 Å². The zero-order valence-electron chi connectivity index (χ0n) is 9.88. The van der Waals surface area contributed by atoms with E-state index in [4.69, 9.17) is 0 Å². The largest absolute Gasteiger partial charge is 0.299 e. The van der Waals surface area contributed by atoms with Gasteiger partial charge in [0, 0.05) is 12.3 Å². The fourth-order valence-electron chi connectivity index (χ4n) is 2.39. The lowest BCUT2D eigenvalue weighted by molar-refractivity contribution is -0.125. The third kappa shape index (κ3) is 3.43. The van der Waals surface area contributed by atoms with Crippen molar-refractivity contribution in [1.82, 2.24) is 0 Å². The minimum atomic E-state index is 0.399. The van der Waals surface area contributed by atoms with Gasteiger partial charge in [-0.2, -0.15) is 0 Å². The van der Waals surface area contributed by atoms with Gasteiger partial charge in [-0.05, 0) is 31.1 Å². The van der Waals surface area contributed by atoms with Crippen molar-refractivity contribution in [3.63, 3.8) is 0 Å². The molecule has 0 radical (unpaired) electrons. The zero-order chi connectivity index (χ0) is 10.6. The monoisotopic (exact) mass is 196 g/mol. The molecule has 1 aliphatic carbocycles. The standard InChI is InChI=1S/C13H24O/c1-4-11-6-8-13(14)12(9-11)7-5-10(2)3/h10-12H,4-9H2,1-3H3. The molecule has 2 unspecified atom stereocenters. The first kappa shape index (κ1) is 11.7. The first-order valence-electron chi connectivity index (χ1n) is 6.16. The molecule has 0 aromatic carbocycles. The average Bonchev–Trinajstić information content (AvgIpc) is 2.16. The molecule has 0 saturated heterocycles. The number of ketones is 1. The molecule has 1 nitrogen and oxygen atoms in total. The van der Waals surface area contributed by atoms with Gasteiger partial charge >= 0.3 is 0 Å². The Morgan fingerprint density at radius 1 is 1.43 bits per heavy atom. The smallest absolute Gasteiger partial charge is 0.135 e. The van der Waals surface area contributed by atoms with E-state index >= 15 is 0 Å². The van der Waals surface area contributed by atoms with Crippen LogP contribution in [0.5, 0.6) is 0 Å². The summed E-state index contributed by atoms with van der Waals surface area (Å²) in [5.41, 5.74) is 0. The lowest BCUT2D eigenvalue weighted by Crippen LogP contribution is -2.24. The van der Waals surface area contributed by atoms with Crippen LogP contribution in [0.1, 0.15) is 59.3 Å². The molecule has 0 aliphatic heterocycles. The lowest BCUT2D eigenvalue weighted by atomic mass is 9.77. The highest BCUT2D eigenvalue weighted by atomic mass is 16.1. The van der Waals surface area contributed by atoms with Crippen LogP contribution in [0, 0.1) is 17.8 Å². The van der Waals surface area contributed by atoms with Crippen LogP contribution < -0.4 is 0 Å². The highest BCUT2D eigenvalue weighted by molar-refractivity contribution is 5.81. The molecule has 1 saturated carbocycles. The van der Waals surface area contributed by atoms with Crippen molar-refractivity contribution in [2.24, 2.45) is 17.8 Å². The summed E-state index contributed by atoms with van der Waals surface area (Å²) in [5, 5.41) is 0. The maximum absolute atomic E-state index is 11.7. The molecule has 0 N–H and O–H groups in total. The third-order valence-electron chi connectivity index (χ3n) is 3.54. The maximum Gasteiger partial charge on any atom is 0.135 e. The Bertz CT molecular complexity index is 184. The van der Waals surface area contributed by atoms with E-state index < -0.39 is 0 Å². The van der Waals surface area contributed by atoms with Crippen LogP contribution >= 0.6 is 0 Å². The molecule has 0 aromatic heterocycles. The summed E-state index contributed by atoms with van der Waals surface area (Å²) < 4.78 is 0. The van der Waals surface area contributed by atoms with E-state index in [0.29, 0.717) is 11.7 Å². The molecule has 1 aliphatic rings. The highest BCUT2D eigenvalue weighted by Gasteiger charge is 2.27. The van der Waals surface area contributed by atoms with Gasteiger partial charge in [0.25, 0.3) is 0 Å². The van der Waals surface area contributed by atoms with Gasteiger partial charge in [-0.25, -0.2) is 0 Å². The van der Waals surface area contributed by atoms with E-state index in [0.717, 1.165) is 31.1 Å². The fraction of sp³-hybridized carbons (Fsp3) is 0.923. The molecular weight excluding hydrogens is 172 g/mol. The number of carbonyl (C=O) groups is 1. The Labute approximate surface area is 88.3 Å². The molecule has 1 fully saturated rings. The summed E-state index contributed by atoms with van der Waals surface area (Å²) in [6, 6.07) is 0. The van der Waals surface area contributed by atoms with Crippen molar-refractivity contribution in [1.29, 1.82) is 0 Å². The van der Waals surface area contributed by atoms with Crippen LogP contribution in [-0.2, 0) is 4.79 Å². The third-order valence-corrected chi connectivity index (χ3v) is 3.54. The second-order valence-corrected chi connectivity index (χ2v) is 5.18. The van der Waals surface area contributed by atoms with Crippen molar-refractivity contribution in [3.05, 3.63) is 0 Å². The van der Waals surface area contributed by atoms with Crippen molar-refractivity contribution < 1.29 is 4.79 Å². The number of Topliss-reactive ketones (excluding diaryl/α,β-unsaturated/α-hetero) is 1. The summed E-state index contributed by atoms with van der Waals surface area (Å²) in [6.45, 7) is 6.73. The lowest BCUT2D eigenvalue weighted by Gasteiger charge is -2.27. The summed E-state index contributed by atoms with van der Waals surface area (Å²) in [5.74, 6) is 2.50. The van der Waals surface area contributed by atoms with E-state index in [9.17, 15) is 4.79 Å². The zero-order valence-corrected chi connectivity index (χ0v) is 9.88. The SMILES string of the molecule is CCC1CCC(=O)C(CCC(C)C)C1. The van der Waals surface area contributed by atoms with Crippen molar-refractivity contribution in [3.8, 4) is 0 Å². The van der Waals surface area contributed by atoms with Crippen LogP contribution in [0.3, 0.4) is 0 Å². The van der Waals surface area contributed by atoms with Gasteiger partial charge < -0.3 is 0 Å². The van der Waals surface area contributed by atoms with Gasteiger partial charge in [-0.15, -0.1) is 0 Å². The van der Waals surface area contributed by atoms with E-state index in [-0.39, 0.29) is 0 Å². The summed E-state index contributed by atoms with van der Waals surface area (Å²) in [4.78, 5) is 11.7. The molecule has 82 valence electrons. The Balaban J connectivity index is 2.36. The second kappa shape index (κ2) is 5.53. The van der Waals surface area contributed by atoms with Gasteiger partial charge in [-0.1, -0.05) is 33.6 Å². The van der Waals surface area contributed by atoms with Gasteiger partial charge in [-0.3, -0.25) is 4.79 Å². The van der Waals surface area contributed by atoms with Crippen LogP contribution in [-0.4, -0.2) is 5.78 Å². The van der Waals surface area contributed by atoms with Crippen LogP contribution in [0.25, 0.3) is 0 Å². The highest BCUT2D eigenvalue weighted by Crippen LogP contribution is 2.31. The molecule has 0 amide bonds. The Morgan fingerprint density at radius 2 is 2.14 bits per heavy atom. The van der Waals surface area contributed by atoms with Crippen molar-refractivity contribution in [2.45, 2.75) is 59.3 Å². The minimum absolute atomic E-state index is 0.399. The molecule has 2 atom stereocenters. The normalized spacial score (nSPS) is 28.4. The van der Waals surface area contributed by atoms with Crippen molar-refractivity contribution in [2.75, 3.05) is 0 Å². The first-order valence-corrected chi connectivity index (χ1v) is 6.16.